The van der Waals surface area contributed by atoms with Crippen molar-refractivity contribution in [3.05, 3.63) is 34.9 Å². The van der Waals surface area contributed by atoms with Crippen LogP contribution in [0.1, 0.15) is 31.7 Å². The van der Waals surface area contributed by atoms with Crippen molar-refractivity contribution < 1.29 is 15.0 Å². The van der Waals surface area contributed by atoms with Crippen molar-refractivity contribution in [3.8, 4) is 0 Å². The molecule has 0 saturated heterocycles. The summed E-state index contributed by atoms with van der Waals surface area (Å²) in [6.45, 7) is 1.91. The number of rotatable bonds is 5. The Hall–Kier alpha value is -1.06. The van der Waals surface area contributed by atoms with Crippen molar-refractivity contribution in [1.29, 1.82) is 0 Å². The normalized spacial score (nSPS) is 14.4. The maximum Gasteiger partial charge on any atom is 0.306 e. The SMILES string of the molecule is CCCC(O)(CC(=O)O)c1ccc(Cl)cc1. The third-order valence-electron chi connectivity index (χ3n) is 2.49. The quantitative estimate of drug-likeness (QED) is 0.835. The number of hydrogen-bond acceptors (Lipinski definition) is 2. The summed E-state index contributed by atoms with van der Waals surface area (Å²) in [6.07, 6.45) is 0.843. The van der Waals surface area contributed by atoms with E-state index in [1.807, 2.05) is 6.92 Å². The number of aliphatic hydroxyl groups is 1. The van der Waals surface area contributed by atoms with Gasteiger partial charge in [0.05, 0.1) is 6.42 Å². The van der Waals surface area contributed by atoms with Gasteiger partial charge in [-0.25, -0.2) is 0 Å². The largest absolute Gasteiger partial charge is 0.481 e. The third kappa shape index (κ3) is 3.22. The molecule has 0 aliphatic rings. The Bertz CT molecular complexity index is 361. The van der Waals surface area contributed by atoms with Gasteiger partial charge in [0.15, 0.2) is 0 Å². The Morgan fingerprint density at radius 3 is 2.38 bits per heavy atom. The zero-order chi connectivity index (χ0) is 12.2. The fourth-order valence-electron chi connectivity index (χ4n) is 1.76. The molecule has 0 radical (unpaired) electrons. The first-order valence-electron chi connectivity index (χ1n) is 5.18. The minimum atomic E-state index is -1.30. The van der Waals surface area contributed by atoms with E-state index >= 15 is 0 Å². The molecule has 1 atom stereocenters. The van der Waals surface area contributed by atoms with E-state index in [1.165, 1.54) is 0 Å². The molecule has 88 valence electrons. The van der Waals surface area contributed by atoms with Gasteiger partial charge in [-0.05, 0) is 24.1 Å². The van der Waals surface area contributed by atoms with Crippen LogP contribution < -0.4 is 0 Å². The van der Waals surface area contributed by atoms with Gasteiger partial charge in [-0.2, -0.15) is 0 Å². The Balaban J connectivity index is 3.00. The standard InChI is InChI=1S/C12H15ClO3/c1-2-7-12(16,8-11(14)15)9-3-5-10(13)6-4-9/h3-6,16H,2,7-8H2,1H3,(H,14,15). The van der Waals surface area contributed by atoms with Gasteiger partial charge in [-0.3, -0.25) is 4.79 Å². The molecule has 0 aliphatic carbocycles. The highest BCUT2D eigenvalue weighted by Gasteiger charge is 2.31. The maximum absolute atomic E-state index is 10.7. The second kappa shape index (κ2) is 5.32. The van der Waals surface area contributed by atoms with Crippen LogP contribution in [0.3, 0.4) is 0 Å². The Labute approximate surface area is 99.7 Å². The van der Waals surface area contributed by atoms with Crippen molar-refractivity contribution >= 4 is 17.6 Å². The molecule has 0 spiro atoms. The van der Waals surface area contributed by atoms with Gasteiger partial charge in [0.25, 0.3) is 0 Å². The zero-order valence-corrected chi connectivity index (χ0v) is 9.87. The number of carboxylic acid groups (broad SMARTS) is 1. The van der Waals surface area contributed by atoms with Crippen LogP contribution in [0.15, 0.2) is 24.3 Å². The zero-order valence-electron chi connectivity index (χ0n) is 9.11. The lowest BCUT2D eigenvalue weighted by atomic mass is 9.86. The fraction of sp³-hybridized carbons (Fsp3) is 0.417. The van der Waals surface area contributed by atoms with Crippen LogP contribution in [-0.2, 0) is 10.4 Å². The van der Waals surface area contributed by atoms with Gasteiger partial charge in [0, 0.05) is 5.02 Å². The van der Waals surface area contributed by atoms with Gasteiger partial charge >= 0.3 is 5.97 Å². The molecule has 0 fully saturated rings. The molecule has 0 amide bonds. The fourth-order valence-corrected chi connectivity index (χ4v) is 1.88. The van der Waals surface area contributed by atoms with E-state index in [4.69, 9.17) is 16.7 Å². The number of benzene rings is 1. The average Bonchev–Trinajstić information content (AvgIpc) is 2.17. The highest BCUT2D eigenvalue weighted by atomic mass is 35.5. The van der Waals surface area contributed by atoms with Crippen LogP contribution in [0.4, 0.5) is 0 Å². The van der Waals surface area contributed by atoms with Gasteiger partial charge in [0.1, 0.15) is 5.60 Å². The van der Waals surface area contributed by atoms with E-state index < -0.39 is 11.6 Å². The summed E-state index contributed by atoms with van der Waals surface area (Å²) < 4.78 is 0. The van der Waals surface area contributed by atoms with Gasteiger partial charge in [0.2, 0.25) is 0 Å². The van der Waals surface area contributed by atoms with E-state index in [0.717, 1.165) is 0 Å². The molecule has 3 nitrogen and oxygen atoms in total. The first-order valence-corrected chi connectivity index (χ1v) is 5.56. The molecule has 4 heteroatoms. The molecule has 0 heterocycles. The van der Waals surface area contributed by atoms with Crippen LogP contribution in [0.25, 0.3) is 0 Å². The van der Waals surface area contributed by atoms with Crippen LogP contribution in [0.2, 0.25) is 5.02 Å². The molecule has 0 aromatic heterocycles. The van der Waals surface area contributed by atoms with Crippen LogP contribution in [0.5, 0.6) is 0 Å². The van der Waals surface area contributed by atoms with Crippen LogP contribution >= 0.6 is 11.6 Å². The smallest absolute Gasteiger partial charge is 0.306 e. The Morgan fingerprint density at radius 2 is 1.94 bits per heavy atom. The number of aliphatic carboxylic acids is 1. The molecule has 1 rings (SSSR count). The van der Waals surface area contributed by atoms with E-state index in [0.29, 0.717) is 23.4 Å². The van der Waals surface area contributed by atoms with E-state index in [2.05, 4.69) is 0 Å². The van der Waals surface area contributed by atoms with Crippen LogP contribution in [-0.4, -0.2) is 16.2 Å². The molecular weight excluding hydrogens is 228 g/mol. The molecule has 1 unspecified atom stereocenters. The highest BCUT2D eigenvalue weighted by molar-refractivity contribution is 6.30. The second-order valence-electron chi connectivity index (χ2n) is 3.86. The lowest BCUT2D eigenvalue weighted by Gasteiger charge is -2.26. The molecule has 1 aromatic rings. The molecule has 1 aromatic carbocycles. The van der Waals surface area contributed by atoms with Crippen molar-refractivity contribution in [2.45, 2.75) is 31.8 Å². The summed E-state index contributed by atoms with van der Waals surface area (Å²) in [6, 6.07) is 6.64. The van der Waals surface area contributed by atoms with Gasteiger partial charge in [-0.15, -0.1) is 0 Å². The topological polar surface area (TPSA) is 57.5 Å². The van der Waals surface area contributed by atoms with E-state index in [-0.39, 0.29) is 6.42 Å². The molecular formula is C12H15ClO3. The van der Waals surface area contributed by atoms with Crippen molar-refractivity contribution in [2.24, 2.45) is 0 Å². The third-order valence-corrected chi connectivity index (χ3v) is 2.74. The van der Waals surface area contributed by atoms with Crippen molar-refractivity contribution in [1.82, 2.24) is 0 Å². The summed E-state index contributed by atoms with van der Waals surface area (Å²) in [5.74, 6) is -1.01. The molecule has 0 aliphatic heterocycles. The first-order chi connectivity index (χ1) is 7.48. The molecule has 2 N–H and O–H groups in total. The minimum absolute atomic E-state index is 0.289. The molecule has 0 bridgehead atoms. The number of carbonyl (C=O) groups is 1. The summed E-state index contributed by atoms with van der Waals surface area (Å²) in [5, 5.41) is 19.7. The maximum atomic E-state index is 10.7. The number of hydrogen-bond donors (Lipinski definition) is 2. The first kappa shape index (κ1) is 13.0. The minimum Gasteiger partial charge on any atom is -0.481 e. The van der Waals surface area contributed by atoms with E-state index in [1.54, 1.807) is 24.3 Å². The lowest BCUT2D eigenvalue weighted by Crippen LogP contribution is -2.28. The molecule has 16 heavy (non-hydrogen) atoms. The Kier molecular flexibility index (Phi) is 4.33. The monoisotopic (exact) mass is 242 g/mol. The van der Waals surface area contributed by atoms with Gasteiger partial charge < -0.3 is 10.2 Å². The Morgan fingerprint density at radius 1 is 1.38 bits per heavy atom. The van der Waals surface area contributed by atoms with E-state index in [9.17, 15) is 9.90 Å². The van der Waals surface area contributed by atoms with Crippen molar-refractivity contribution in [2.75, 3.05) is 0 Å². The van der Waals surface area contributed by atoms with Crippen molar-refractivity contribution in [3.63, 3.8) is 0 Å². The predicted molar refractivity (Wildman–Crippen MR) is 62.5 cm³/mol. The lowest BCUT2D eigenvalue weighted by molar-refractivity contribution is -0.143. The summed E-state index contributed by atoms with van der Waals surface area (Å²) >= 11 is 5.75. The summed E-state index contributed by atoms with van der Waals surface area (Å²) in [5.41, 5.74) is -0.702. The molecule has 0 saturated carbocycles. The second-order valence-corrected chi connectivity index (χ2v) is 4.30. The number of halogens is 1. The van der Waals surface area contributed by atoms with Crippen LogP contribution in [0, 0.1) is 0 Å². The van der Waals surface area contributed by atoms with Gasteiger partial charge in [-0.1, -0.05) is 37.1 Å². The highest BCUT2D eigenvalue weighted by Crippen LogP contribution is 2.30. The summed E-state index contributed by atoms with van der Waals surface area (Å²) in [7, 11) is 0. The predicted octanol–water partition coefficient (Wildman–Crippen LogP) is 2.80. The average molecular weight is 243 g/mol. The summed E-state index contributed by atoms with van der Waals surface area (Å²) in [4.78, 5) is 10.7. The number of carboxylic acids is 1.